The number of halogens is 1. The summed E-state index contributed by atoms with van der Waals surface area (Å²) in [6.07, 6.45) is 3.37. The lowest BCUT2D eigenvalue weighted by Gasteiger charge is -2.34. The molecule has 0 radical (unpaired) electrons. The lowest BCUT2D eigenvalue weighted by Crippen LogP contribution is -2.46. The van der Waals surface area contributed by atoms with Gasteiger partial charge in [-0.05, 0) is 61.1 Å². The fraction of sp³-hybridized carbons (Fsp3) is 0.364. The zero-order valence-corrected chi connectivity index (χ0v) is 17.9. The molecule has 30 heavy (non-hydrogen) atoms. The van der Waals surface area contributed by atoms with Crippen molar-refractivity contribution in [3.63, 3.8) is 0 Å². The first-order chi connectivity index (χ1) is 14.4. The molecule has 5 rings (SSSR count). The third-order valence-electron chi connectivity index (χ3n) is 6.20. The molecular formula is C22H22ClN3O3S. The van der Waals surface area contributed by atoms with Crippen LogP contribution in [0, 0.1) is 5.92 Å². The number of piperidine rings is 1. The highest BCUT2D eigenvalue weighted by Gasteiger charge is 2.36. The van der Waals surface area contributed by atoms with E-state index in [1.807, 2.05) is 29.2 Å². The Balaban J connectivity index is 1.32. The Kier molecular flexibility index (Phi) is 4.82. The van der Waals surface area contributed by atoms with Gasteiger partial charge in [-0.3, -0.25) is 4.79 Å². The minimum atomic E-state index is -3.66. The number of likely N-dealkylation sites (tertiary alicyclic amines) is 1. The van der Waals surface area contributed by atoms with Crippen molar-refractivity contribution in [2.24, 2.45) is 10.3 Å². The van der Waals surface area contributed by atoms with Crippen molar-refractivity contribution in [3.05, 3.63) is 64.2 Å². The van der Waals surface area contributed by atoms with E-state index in [-0.39, 0.29) is 22.8 Å². The molecule has 2 aromatic rings. The molecule has 6 nitrogen and oxygen atoms in total. The summed E-state index contributed by atoms with van der Waals surface area (Å²) in [5, 5.41) is 3.92. The summed E-state index contributed by atoms with van der Waals surface area (Å²) in [6.45, 7) is 1.16. The van der Waals surface area contributed by atoms with Gasteiger partial charge in [-0.1, -0.05) is 29.8 Å². The van der Waals surface area contributed by atoms with Gasteiger partial charge in [0.1, 0.15) is 4.90 Å². The van der Waals surface area contributed by atoms with Gasteiger partial charge in [-0.15, -0.1) is 4.40 Å². The van der Waals surface area contributed by atoms with Crippen molar-refractivity contribution in [2.45, 2.75) is 36.6 Å². The van der Waals surface area contributed by atoms with Crippen LogP contribution in [0.5, 0.6) is 0 Å². The molecule has 8 heteroatoms. The lowest BCUT2D eigenvalue weighted by atomic mass is 9.95. The second-order valence-corrected chi connectivity index (χ2v) is 10.1. The minimum Gasteiger partial charge on any atom is -0.355 e. The molecule has 3 aliphatic rings. The Labute approximate surface area is 181 Å². The number of amidine groups is 1. The van der Waals surface area contributed by atoms with Crippen LogP contribution in [0.3, 0.4) is 0 Å². The van der Waals surface area contributed by atoms with Crippen molar-refractivity contribution in [3.8, 4) is 0 Å². The Morgan fingerprint density at radius 3 is 2.87 bits per heavy atom. The van der Waals surface area contributed by atoms with Crippen LogP contribution in [-0.2, 0) is 21.2 Å². The van der Waals surface area contributed by atoms with E-state index in [0.29, 0.717) is 24.5 Å². The van der Waals surface area contributed by atoms with Crippen LogP contribution in [0.25, 0.3) is 0 Å². The molecule has 2 aromatic carbocycles. The molecule has 0 saturated carbocycles. The fourth-order valence-corrected chi connectivity index (χ4v) is 6.15. The summed E-state index contributed by atoms with van der Waals surface area (Å²) >= 11 is 6.09. The van der Waals surface area contributed by atoms with Crippen molar-refractivity contribution >= 4 is 33.4 Å². The smallest absolute Gasteiger partial charge is 0.285 e. The van der Waals surface area contributed by atoms with E-state index in [1.54, 1.807) is 18.2 Å². The number of carbonyl (C=O) groups is 1. The average Bonchev–Trinajstić information content (AvgIpc) is 3.26. The van der Waals surface area contributed by atoms with Crippen molar-refractivity contribution in [1.82, 2.24) is 10.2 Å². The van der Waals surface area contributed by atoms with E-state index < -0.39 is 10.0 Å². The molecular weight excluding hydrogens is 422 g/mol. The van der Waals surface area contributed by atoms with Gasteiger partial charge in [-0.25, -0.2) is 0 Å². The monoisotopic (exact) mass is 443 g/mol. The average molecular weight is 444 g/mol. The van der Waals surface area contributed by atoms with Gasteiger partial charge in [0.15, 0.2) is 5.84 Å². The highest BCUT2D eigenvalue weighted by Crippen LogP contribution is 2.34. The van der Waals surface area contributed by atoms with Crippen LogP contribution < -0.4 is 5.32 Å². The van der Waals surface area contributed by atoms with Crippen LogP contribution in [0.1, 0.15) is 42.0 Å². The Hall–Kier alpha value is -2.38. The maximum absolute atomic E-state index is 13.0. The number of nitrogens with one attached hydrogen (secondary N) is 1. The summed E-state index contributed by atoms with van der Waals surface area (Å²) in [7, 11) is -3.66. The van der Waals surface area contributed by atoms with Gasteiger partial charge < -0.3 is 10.2 Å². The van der Waals surface area contributed by atoms with E-state index in [4.69, 9.17) is 11.6 Å². The van der Waals surface area contributed by atoms with Crippen molar-refractivity contribution < 1.29 is 13.2 Å². The molecule has 2 aliphatic heterocycles. The largest absolute Gasteiger partial charge is 0.355 e. The van der Waals surface area contributed by atoms with Crippen molar-refractivity contribution in [2.75, 3.05) is 13.1 Å². The van der Waals surface area contributed by atoms with Gasteiger partial charge in [0, 0.05) is 23.7 Å². The van der Waals surface area contributed by atoms with E-state index in [1.165, 1.54) is 5.56 Å². The molecule has 156 valence electrons. The summed E-state index contributed by atoms with van der Waals surface area (Å²) in [5.74, 6) is 0.277. The number of hydrogen-bond acceptors (Lipinski definition) is 4. The second-order valence-electron chi connectivity index (χ2n) is 8.11. The first-order valence-corrected chi connectivity index (χ1v) is 12.0. The zero-order valence-electron chi connectivity index (χ0n) is 16.3. The molecule has 0 spiro atoms. The van der Waals surface area contributed by atoms with Crippen LogP contribution >= 0.6 is 11.6 Å². The summed E-state index contributed by atoms with van der Waals surface area (Å²) in [4.78, 5) is 15.2. The number of hydrogen-bond donors (Lipinski definition) is 1. The number of aryl methyl sites for hydroxylation is 1. The van der Waals surface area contributed by atoms with Gasteiger partial charge in [0.25, 0.3) is 10.0 Å². The van der Waals surface area contributed by atoms with Crippen LogP contribution in [0.2, 0.25) is 5.02 Å². The number of nitrogens with zero attached hydrogens (tertiary/aromatic N) is 2. The fourth-order valence-electron chi connectivity index (χ4n) is 4.73. The SMILES string of the molecule is O=C(NC1CCc2cc(Cl)ccc21)C1CCCN(C2=NS(=O)(=O)c3ccccc32)C1. The quantitative estimate of drug-likeness (QED) is 0.772. The van der Waals surface area contributed by atoms with Crippen LogP contribution in [0.15, 0.2) is 51.8 Å². The third kappa shape index (κ3) is 3.40. The number of sulfonamides is 1. The number of fused-ring (bicyclic) bond motifs is 2. The van der Waals surface area contributed by atoms with E-state index in [0.717, 1.165) is 36.3 Å². The number of benzene rings is 2. The molecule has 0 aromatic heterocycles. The Morgan fingerprint density at radius 2 is 2.00 bits per heavy atom. The van der Waals surface area contributed by atoms with Gasteiger partial charge >= 0.3 is 0 Å². The summed E-state index contributed by atoms with van der Waals surface area (Å²) in [5.41, 5.74) is 2.96. The second kappa shape index (κ2) is 7.39. The van der Waals surface area contributed by atoms with E-state index >= 15 is 0 Å². The maximum Gasteiger partial charge on any atom is 0.285 e. The molecule has 2 atom stereocenters. The molecule has 2 unspecified atom stereocenters. The molecule has 1 N–H and O–H groups in total. The molecule has 1 amide bonds. The van der Waals surface area contributed by atoms with Gasteiger partial charge in [0.2, 0.25) is 5.91 Å². The van der Waals surface area contributed by atoms with Gasteiger partial charge in [-0.2, -0.15) is 8.42 Å². The third-order valence-corrected chi connectivity index (χ3v) is 7.76. The highest BCUT2D eigenvalue weighted by molar-refractivity contribution is 7.90. The summed E-state index contributed by atoms with van der Waals surface area (Å²) in [6, 6.07) is 12.7. The normalized spacial score (nSPS) is 24.2. The lowest BCUT2D eigenvalue weighted by molar-refractivity contribution is -0.127. The highest BCUT2D eigenvalue weighted by atomic mass is 35.5. The Bertz CT molecular complexity index is 1160. The van der Waals surface area contributed by atoms with Crippen LogP contribution in [-0.4, -0.2) is 38.2 Å². The topological polar surface area (TPSA) is 78.8 Å². The first kappa shape index (κ1) is 19.6. The standard InChI is InChI=1S/C22H22ClN3O3S/c23-16-8-9-17-14(12-16)7-10-19(17)24-22(27)15-4-3-11-26(13-15)21-18-5-1-2-6-20(18)30(28,29)25-21/h1-2,5-6,8-9,12,15,19H,3-4,7,10-11,13H2,(H,24,27). The van der Waals surface area contributed by atoms with Crippen LogP contribution in [0.4, 0.5) is 0 Å². The van der Waals surface area contributed by atoms with Crippen molar-refractivity contribution in [1.29, 1.82) is 0 Å². The maximum atomic E-state index is 13.0. The predicted octanol–water partition coefficient (Wildman–Crippen LogP) is 3.30. The molecule has 2 heterocycles. The molecule has 1 aliphatic carbocycles. The molecule has 1 fully saturated rings. The number of rotatable bonds is 2. The number of carbonyl (C=O) groups excluding carboxylic acids is 1. The zero-order chi connectivity index (χ0) is 20.9. The van der Waals surface area contributed by atoms with E-state index in [2.05, 4.69) is 9.71 Å². The first-order valence-electron chi connectivity index (χ1n) is 10.2. The van der Waals surface area contributed by atoms with E-state index in [9.17, 15) is 13.2 Å². The number of amides is 1. The summed E-state index contributed by atoms with van der Waals surface area (Å²) < 4.78 is 28.8. The predicted molar refractivity (Wildman–Crippen MR) is 115 cm³/mol. The molecule has 1 saturated heterocycles. The minimum absolute atomic E-state index is 0.00469. The Morgan fingerprint density at radius 1 is 1.17 bits per heavy atom. The van der Waals surface area contributed by atoms with Gasteiger partial charge in [0.05, 0.1) is 12.0 Å². The molecule has 0 bridgehead atoms.